The van der Waals surface area contributed by atoms with Crippen LogP contribution in [0, 0.1) is 0 Å². The minimum Gasteiger partial charge on any atom is -0.508 e. The Hall–Kier alpha value is -2.70. The number of esters is 1. The number of ether oxygens (including phenoxy) is 1. The third kappa shape index (κ3) is 3.07. The van der Waals surface area contributed by atoms with Crippen LogP contribution in [0.3, 0.4) is 0 Å². The number of benzene rings is 1. The van der Waals surface area contributed by atoms with Crippen LogP contribution in [0.4, 0.5) is 4.79 Å². The largest absolute Gasteiger partial charge is 0.508 e. The van der Waals surface area contributed by atoms with Gasteiger partial charge in [0.05, 0.1) is 18.2 Å². The van der Waals surface area contributed by atoms with E-state index in [0.717, 1.165) is 6.07 Å². The zero-order valence-electron chi connectivity index (χ0n) is 11.6. The molecular formula is C14H16N2O5. The summed E-state index contributed by atoms with van der Waals surface area (Å²) in [6.07, 6.45) is 0. The molecule has 4 N–H and O–H groups in total. The predicted octanol–water partition coefficient (Wildman–Crippen LogP) is 1.29. The van der Waals surface area contributed by atoms with Crippen molar-refractivity contribution < 1.29 is 24.5 Å². The van der Waals surface area contributed by atoms with Crippen molar-refractivity contribution in [2.24, 2.45) is 0 Å². The number of amides is 2. The van der Waals surface area contributed by atoms with E-state index in [-0.39, 0.29) is 23.7 Å². The molecule has 0 bridgehead atoms. The van der Waals surface area contributed by atoms with Gasteiger partial charge < -0.3 is 25.6 Å². The number of aromatic hydroxyl groups is 2. The van der Waals surface area contributed by atoms with E-state index in [9.17, 15) is 19.8 Å². The average Bonchev–Trinajstić information content (AvgIpc) is 2.36. The minimum atomic E-state index is -0.809. The van der Waals surface area contributed by atoms with E-state index in [2.05, 4.69) is 10.6 Å². The summed E-state index contributed by atoms with van der Waals surface area (Å²) in [7, 11) is 0. The summed E-state index contributed by atoms with van der Waals surface area (Å²) in [5.74, 6) is -0.910. The highest BCUT2D eigenvalue weighted by molar-refractivity contribution is 5.95. The zero-order chi connectivity index (χ0) is 15.6. The molecule has 7 nitrogen and oxygen atoms in total. The van der Waals surface area contributed by atoms with Crippen LogP contribution in [0.1, 0.15) is 25.5 Å². The number of hydrogen-bond donors (Lipinski definition) is 4. The molecule has 1 heterocycles. The number of allylic oxidation sites excluding steroid dienone is 1. The van der Waals surface area contributed by atoms with Crippen molar-refractivity contribution in [2.45, 2.75) is 19.9 Å². The SMILES string of the molecule is CCOC(=O)C1=C(C)NC(=O)N[C@@H]1c1cc(O)cc(O)c1. The van der Waals surface area contributed by atoms with Gasteiger partial charge in [-0.2, -0.15) is 0 Å². The number of phenolic OH excluding ortho intramolecular Hbond substituents is 2. The molecule has 0 saturated carbocycles. The molecule has 0 aromatic heterocycles. The fourth-order valence-corrected chi connectivity index (χ4v) is 2.21. The first kappa shape index (κ1) is 14.7. The maximum atomic E-state index is 12.1. The Kier molecular flexibility index (Phi) is 4.02. The summed E-state index contributed by atoms with van der Waals surface area (Å²) in [5, 5.41) is 24.2. The van der Waals surface area contributed by atoms with E-state index in [0.29, 0.717) is 11.3 Å². The number of phenols is 2. The van der Waals surface area contributed by atoms with Crippen molar-refractivity contribution >= 4 is 12.0 Å². The van der Waals surface area contributed by atoms with Crippen LogP contribution in [0.2, 0.25) is 0 Å². The minimum absolute atomic E-state index is 0.168. The lowest BCUT2D eigenvalue weighted by atomic mass is 9.95. The number of nitrogens with one attached hydrogen (secondary N) is 2. The fraction of sp³-hybridized carbons (Fsp3) is 0.286. The van der Waals surface area contributed by atoms with Gasteiger partial charge in [-0.3, -0.25) is 0 Å². The highest BCUT2D eigenvalue weighted by Crippen LogP contribution is 2.32. The average molecular weight is 292 g/mol. The standard InChI is InChI=1S/C14H16N2O5/c1-3-21-13(19)11-7(2)15-14(20)16-12(11)8-4-9(17)6-10(18)5-8/h4-6,12,17-18H,3H2,1-2H3,(H2,15,16,20)/t12-/m1/s1. The van der Waals surface area contributed by atoms with Gasteiger partial charge in [-0.15, -0.1) is 0 Å². The molecule has 2 rings (SSSR count). The molecule has 0 saturated heterocycles. The summed E-state index contributed by atoms with van der Waals surface area (Å²) in [6, 6.07) is 2.60. The molecule has 21 heavy (non-hydrogen) atoms. The normalized spacial score (nSPS) is 18.0. The third-order valence-corrected chi connectivity index (χ3v) is 3.02. The van der Waals surface area contributed by atoms with Gasteiger partial charge in [-0.1, -0.05) is 0 Å². The second-order valence-electron chi connectivity index (χ2n) is 4.57. The predicted molar refractivity (Wildman–Crippen MR) is 73.5 cm³/mol. The maximum absolute atomic E-state index is 12.1. The highest BCUT2D eigenvalue weighted by Gasteiger charge is 2.32. The van der Waals surface area contributed by atoms with Gasteiger partial charge in [0.15, 0.2) is 0 Å². The summed E-state index contributed by atoms with van der Waals surface area (Å²) < 4.78 is 4.99. The third-order valence-electron chi connectivity index (χ3n) is 3.02. The quantitative estimate of drug-likeness (QED) is 0.628. The first-order valence-corrected chi connectivity index (χ1v) is 6.40. The van der Waals surface area contributed by atoms with Gasteiger partial charge in [0.2, 0.25) is 0 Å². The van der Waals surface area contributed by atoms with E-state index < -0.39 is 18.0 Å². The lowest BCUT2D eigenvalue weighted by Crippen LogP contribution is -2.45. The van der Waals surface area contributed by atoms with Crippen molar-refractivity contribution in [3.63, 3.8) is 0 Å². The van der Waals surface area contributed by atoms with Gasteiger partial charge in [-0.25, -0.2) is 9.59 Å². The smallest absolute Gasteiger partial charge is 0.338 e. The van der Waals surface area contributed by atoms with Gasteiger partial charge in [0.1, 0.15) is 11.5 Å². The molecule has 1 aliphatic rings. The Morgan fingerprint density at radius 3 is 2.48 bits per heavy atom. The van der Waals surface area contributed by atoms with Crippen molar-refractivity contribution in [2.75, 3.05) is 6.61 Å². The maximum Gasteiger partial charge on any atom is 0.338 e. The molecule has 0 aliphatic carbocycles. The number of rotatable bonds is 3. The summed E-state index contributed by atoms with van der Waals surface area (Å²) in [6.45, 7) is 3.46. The molecular weight excluding hydrogens is 276 g/mol. The Bertz CT molecular complexity index is 604. The van der Waals surface area contributed by atoms with Gasteiger partial charge >= 0.3 is 12.0 Å². The van der Waals surface area contributed by atoms with Gasteiger partial charge in [0.25, 0.3) is 0 Å². The fourth-order valence-electron chi connectivity index (χ4n) is 2.21. The molecule has 1 aromatic rings. The van der Waals surface area contributed by atoms with Crippen LogP contribution in [-0.2, 0) is 9.53 Å². The van der Waals surface area contributed by atoms with E-state index >= 15 is 0 Å². The molecule has 2 amide bonds. The Labute approximate surface area is 121 Å². The van der Waals surface area contributed by atoms with Crippen LogP contribution in [-0.4, -0.2) is 28.8 Å². The molecule has 1 atom stereocenters. The topological polar surface area (TPSA) is 108 Å². The zero-order valence-corrected chi connectivity index (χ0v) is 11.6. The number of urea groups is 1. The van der Waals surface area contributed by atoms with E-state index in [4.69, 9.17) is 4.74 Å². The van der Waals surface area contributed by atoms with Crippen LogP contribution in [0.25, 0.3) is 0 Å². The van der Waals surface area contributed by atoms with Crippen LogP contribution in [0.15, 0.2) is 29.5 Å². The summed E-state index contributed by atoms with van der Waals surface area (Å²) >= 11 is 0. The molecule has 112 valence electrons. The summed E-state index contributed by atoms with van der Waals surface area (Å²) in [5.41, 5.74) is 0.969. The molecule has 0 unspecified atom stereocenters. The van der Waals surface area contributed by atoms with E-state index in [1.54, 1.807) is 13.8 Å². The number of carbonyl (C=O) groups is 2. The molecule has 1 aromatic carbocycles. The van der Waals surface area contributed by atoms with Crippen molar-refractivity contribution in [1.29, 1.82) is 0 Å². The van der Waals surface area contributed by atoms with Crippen molar-refractivity contribution in [1.82, 2.24) is 10.6 Å². The van der Waals surface area contributed by atoms with Gasteiger partial charge in [0, 0.05) is 11.8 Å². The second kappa shape index (κ2) is 5.74. The molecule has 1 aliphatic heterocycles. The number of hydrogen-bond acceptors (Lipinski definition) is 5. The van der Waals surface area contributed by atoms with Crippen LogP contribution >= 0.6 is 0 Å². The lowest BCUT2D eigenvalue weighted by Gasteiger charge is -2.28. The Morgan fingerprint density at radius 2 is 1.90 bits per heavy atom. The van der Waals surface area contributed by atoms with Crippen molar-refractivity contribution in [3.8, 4) is 11.5 Å². The molecule has 0 radical (unpaired) electrons. The monoisotopic (exact) mass is 292 g/mol. The summed E-state index contributed by atoms with van der Waals surface area (Å²) in [4.78, 5) is 23.7. The second-order valence-corrected chi connectivity index (χ2v) is 4.57. The molecule has 7 heteroatoms. The highest BCUT2D eigenvalue weighted by atomic mass is 16.5. The first-order chi connectivity index (χ1) is 9.92. The molecule has 0 spiro atoms. The van der Waals surface area contributed by atoms with E-state index in [1.807, 2.05) is 0 Å². The molecule has 0 fully saturated rings. The Balaban J connectivity index is 2.49. The van der Waals surface area contributed by atoms with Gasteiger partial charge in [-0.05, 0) is 31.5 Å². The lowest BCUT2D eigenvalue weighted by molar-refractivity contribution is -0.139. The van der Waals surface area contributed by atoms with Crippen LogP contribution < -0.4 is 10.6 Å². The van der Waals surface area contributed by atoms with Crippen molar-refractivity contribution in [3.05, 3.63) is 35.0 Å². The van der Waals surface area contributed by atoms with E-state index in [1.165, 1.54) is 12.1 Å². The van der Waals surface area contributed by atoms with Crippen LogP contribution in [0.5, 0.6) is 11.5 Å². The first-order valence-electron chi connectivity index (χ1n) is 6.40. The number of carbonyl (C=O) groups excluding carboxylic acids is 2. The Morgan fingerprint density at radius 1 is 1.29 bits per heavy atom.